The average molecular weight is 251 g/mol. The fourth-order valence-corrected chi connectivity index (χ4v) is 1.78. The summed E-state index contributed by atoms with van der Waals surface area (Å²) >= 11 is 5.79. The van der Waals surface area contributed by atoms with E-state index < -0.39 is 5.97 Å². The van der Waals surface area contributed by atoms with E-state index in [9.17, 15) is 4.79 Å². The number of nitrogens with one attached hydrogen (secondary N) is 1. The van der Waals surface area contributed by atoms with Gasteiger partial charge in [-0.25, -0.2) is 4.79 Å². The van der Waals surface area contributed by atoms with Crippen LogP contribution < -0.4 is 0 Å². The summed E-state index contributed by atoms with van der Waals surface area (Å²) in [6.45, 7) is 1.81. The Labute approximate surface area is 103 Å². The molecule has 0 spiro atoms. The number of hydrogen-bond acceptors (Lipinski definition) is 2. The van der Waals surface area contributed by atoms with Crippen LogP contribution in [0.1, 0.15) is 27.3 Å². The summed E-state index contributed by atoms with van der Waals surface area (Å²) in [7, 11) is 0. The number of carboxylic acid groups (broad SMARTS) is 1. The maximum atomic E-state index is 11.0. The van der Waals surface area contributed by atoms with Gasteiger partial charge in [-0.1, -0.05) is 23.7 Å². The minimum atomic E-state index is -1.02. The fourth-order valence-electron chi connectivity index (χ4n) is 1.65. The minimum absolute atomic E-state index is 0.0810. The van der Waals surface area contributed by atoms with Crippen molar-refractivity contribution in [3.8, 4) is 0 Å². The van der Waals surface area contributed by atoms with Gasteiger partial charge in [-0.2, -0.15) is 5.10 Å². The third kappa shape index (κ3) is 2.47. The van der Waals surface area contributed by atoms with Crippen molar-refractivity contribution < 1.29 is 9.90 Å². The van der Waals surface area contributed by atoms with E-state index in [1.807, 2.05) is 19.1 Å². The van der Waals surface area contributed by atoms with Crippen molar-refractivity contribution in [1.29, 1.82) is 0 Å². The lowest BCUT2D eigenvalue weighted by Crippen LogP contribution is -2.02. The number of aromatic amines is 1. The van der Waals surface area contributed by atoms with Crippen molar-refractivity contribution in [2.24, 2.45) is 0 Å². The molecule has 0 aliphatic heterocycles. The van der Waals surface area contributed by atoms with Crippen LogP contribution in [0.2, 0.25) is 5.02 Å². The highest BCUT2D eigenvalue weighted by Crippen LogP contribution is 2.18. The molecular formula is C12H11ClN2O2. The summed E-state index contributed by atoms with van der Waals surface area (Å²) in [6, 6.07) is 7.32. The topological polar surface area (TPSA) is 66.0 Å². The summed E-state index contributed by atoms with van der Waals surface area (Å²) < 4.78 is 0. The van der Waals surface area contributed by atoms with Crippen LogP contribution in [0.15, 0.2) is 24.3 Å². The number of carboxylic acids is 1. The van der Waals surface area contributed by atoms with Gasteiger partial charge in [0.25, 0.3) is 0 Å². The van der Waals surface area contributed by atoms with Gasteiger partial charge in [-0.15, -0.1) is 0 Å². The maximum absolute atomic E-state index is 11.0. The van der Waals surface area contributed by atoms with Crippen LogP contribution in [0, 0.1) is 6.92 Å². The molecule has 0 saturated carbocycles. The van der Waals surface area contributed by atoms with Gasteiger partial charge in [0, 0.05) is 22.7 Å². The molecule has 1 aromatic carbocycles. The first-order valence-corrected chi connectivity index (χ1v) is 5.47. The summed E-state index contributed by atoms with van der Waals surface area (Å²) in [5.74, 6) is -1.02. The van der Waals surface area contributed by atoms with E-state index in [2.05, 4.69) is 10.2 Å². The number of aromatic carboxylic acids is 1. The summed E-state index contributed by atoms with van der Waals surface area (Å²) in [5.41, 5.74) is 2.57. The number of benzene rings is 1. The molecule has 17 heavy (non-hydrogen) atoms. The highest BCUT2D eigenvalue weighted by Gasteiger charge is 2.16. The largest absolute Gasteiger partial charge is 0.476 e. The van der Waals surface area contributed by atoms with Crippen LogP contribution >= 0.6 is 11.6 Å². The van der Waals surface area contributed by atoms with Gasteiger partial charge in [-0.05, 0) is 24.6 Å². The Hall–Kier alpha value is -1.81. The van der Waals surface area contributed by atoms with Crippen molar-refractivity contribution in [2.75, 3.05) is 0 Å². The van der Waals surface area contributed by atoms with E-state index >= 15 is 0 Å². The molecule has 4 nitrogen and oxygen atoms in total. The lowest BCUT2D eigenvalue weighted by atomic mass is 10.0. The van der Waals surface area contributed by atoms with Gasteiger partial charge in [-0.3, -0.25) is 5.10 Å². The number of aromatic nitrogens is 2. The van der Waals surface area contributed by atoms with E-state index in [4.69, 9.17) is 16.7 Å². The lowest BCUT2D eigenvalue weighted by molar-refractivity contribution is 0.0689. The molecule has 0 unspecified atom stereocenters. The summed E-state index contributed by atoms with van der Waals surface area (Å²) in [5, 5.41) is 16.1. The Bertz CT molecular complexity index is 546. The second-order valence-electron chi connectivity index (χ2n) is 3.78. The lowest BCUT2D eigenvalue weighted by Gasteiger charge is -2.02. The van der Waals surface area contributed by atoms with E-state index in [0.717, 1.165) is 11.3 Å². The molecule has 5 heteroatoms. The van der Waals surface area contributed by atoms with Crippen molar-refractivity contribution in [3.05, 3.63) is 51.8 Å². The van der Waals surface area contributed by atoms with Gasteiger partial charge < -0.3 is 5.11 Å². The Morgan fingerprint density at radius 1 is 1.41 bits per heavy atom. The van der Waals surface area contributed by atoms with E-state index in [-0.39, 0.29) is 5.69 Å². The van der Waals surface area contributed by atoms with E-state index in [1.54, 1.807) is 12.1 Å². The van der Waals surface area contributed by atoms with Crippen LogP contribution in [0.25, 0.3) is 0 Å². The Morgan fingerprint density at radius 2 is 2.06 bits per heavy atom. The molecule has 0 atom stereocenters. The normalized spacial score (nSPS) is 10.5. The standard InChI is InChI=1S/C12H11ClN2O2/c1-7-10(11(12(16)17)15-14-7)6-8-2-4-9(13)5-3-8/h2-5H,6H2,1H3,(H,14,15)(H,16,17). The van der Waals surface area contributed by atoms with Gasteiger partial charge in [0.2, 0.25) is 0 Å². The third-order valence-corrected chi connectivity index (χ3v) is 2.82. The van der Waals surface area contributed by atoms with Gasteiger partial charge >= 0.3 is 5.97 Å². The SMILES string of the molecule is Cc1[nH]nc(C(=O)O)c1Cc1ccc(Cl)cc1. The molecule has 0 aliphatic carbocycles. The monoisotopic (exact) mass is 250 g/mol. The molecule has 2 N–H and O–H groups in total. The van der Waals surface area contributed by atoms with Crippen LogP contribution in [-0.2, 0) is 6.42 Å². The number of H-pyrrole nitrogens is 1. The van der Waals surface area contributed by atoms with Crippen molar-refractivity contribution >= 4 is 17.6 Å². The number of carbonyl (C=O) groups is 1. The van der Waals surface area contributed by atoms with Crippen molar-refractivity contribution in [1.82, 2.24) is 10.2 Å². The number of halogens is 1. The number of hydrogen-bond donors (Lipinski definition) is 2. The van der Waals surface area contributed by atoms with Gasteiger partial charge in [0.15, 0.2) is 5.69 Å². The zero-order valence-electron chi connectivity index (χ0n) is 9.20. The van der Waals surface area contributed by atoms with E-state index in [1.165, 1.54) is 0 Å². The van der Waals surface area contributed by atoms with Crippen LogP contribution in [-0.4, -0.2) is 21.3 Å². The first-order valence-electron chi connectivity index (χ1n) is 5.09. The van der Waals surface area contributed by atoms with E-state index in [0.29, 0.717) is 17.0 Å². The van der Waals surface area contributed by atoms with Crippen LogP contribution in [0.4, 0.5) is 0 Å². The molecule has 2 rings (SSSR count). The first kappa shape index (κ1) is 11.7. The molecule has 0 fully saturated rings. The quantitative estimate of drug-likeness (QED) is 0.880. The summed E-state index contributed by atoms with van der Waals surface area (Å²) in [4.78, 5) is 11.0. The molecule has 0 aliphatic rings. The highest BCUT2D eigenvalue weighted by molar-refractivity contribution is 6.30. The van der Waals surface area contributed by atoms with Gasteiger partial charge in [0.05, 0.1) is 0 Å². The Kier molecular flexibility index (Phi) is 3.15. The third-order valence-electron chi connectivity index (χ3n) is 2.57. The zero-order valence-corrected chi connectivity index (χ0v) is 9.95. The highest BCUT2D eigenvalue weighted by atomic mass is 35.5. The summed E-state index contributed by atoms with van der Waals surface area (Å²) in [6.07, 6.45) is 0.529. The molecule has 0 amide bonds. The second-order valence-corrected chi connectivity index (χ2v) is 4.22. The average Bonchev–Trinajstić information content (AvgIpc) is 2.64. The predicted molar refractivity (Wildman–Crippen MR) is 64.5 cm³/mol. The maximum Gasteiger partial charge on any atom is 0.356 e. The molecular weight excluding hydrogens is 240 g/mol. The molecule has 2 aromatic rings. The number of rotatable bonds is 3. The molecule has 0 radical (unpaired) electrons. The first-order chi connectivity index (χ1) is 8.08. The smallest absolute Gasteiger partial charge is 0.356 e. The molecule has 1 heterocycles. The molecule has 88 valence electrons. The predicted octanol–water partition coefficient (Wildman–Crippen LogP) is 2.66. The number of nitrogens with zero attached hydrogens (tertiary/aromatic N) is 1. The Morgan fingerprint density at radius 3 is 2.65 bits per heavy atom. The molecule has 0 bridgehead atoms. The minimum Gasteiger partial charge on any atom is -0.476 e. The second kappa shape index (κ2) is 4.59. The Balaban J connectivity index is 2.32. The fraction of sp³-hybridized carbons (Fsp3) is 0.167. The molecule has 0 saturated heterocycles. The van der Waals surface area contributed by atoms with Crippen LogP contribution in [0.3, 0.4) is 0 Å². The van der Waals surface area contributed by atoms with Crippen LogP contribution in [0.5, 0.6) is 0 Å². The van der Waals surface area contributed by atoms with Gasteiger partial charge in [0.1, 0.15) is 0 Å². The van der Waals surface area contributed by atoms with Crippen molar-refractivity contribution in [3.63, 3.8) is 0 Å². The number of aryl methyl sites for hydroxylation is 1. The molecule has 1 aromatic heterocycles. The zero-order chi connectivity index (χ0) is 12.4. The van der Waals surface area contributed by atoms with Crippen molar-refractivity contribution in [2.45, 2.75) is 13.3 Å².